The molecule has 0 atom stereocenters. The summed E-state index contributed by atoms with van der Waals surface area (Å²) in [5.41, 5.74) is 1.84. The SMILES string of the molecule is CC(C)c1csc(NC(=O)c2nn(Cc3ccccc3)c(=O)c3ccccc23)n1. The number of nitrogens with zero attached hydrogens (tertiary/aromatic N) is 3. The molecule has 0 saturated carbocycles. The normalized spacial score (nSPS) is 11.1. The number of hydrogen-bond acceptors (Lipinski definition) is 5. The molecule has 0 aliphatic rings. The van der Waals surface area contributed by atoms with Crippen LogP contribution in [-0.2, 0) is 6.54 Å². The fourth-order valence-corrected chi connectivity index (χ4v) is 3.90. The van der Waals surface area contributed by atoms with Gasteiger partial charge in [-0.2, -0.15) is 5.10 Å². The molecule has 0 radical (unpaired) electrons. The number of carbonyl (C=O) groups excluding carboxylic acids is 1. The standard InChI is InChI=1S/C22H20N4O2S/c1-14(2)18-13-29-22(23-18)24-20(27)19-16-10-6-7-11-17(16)21(28)26(25-19)12-15-8-4-3-5-9-15/h3-11,13-14H,12H2,1-2H3,(H,23,24,27). The lowest BCUT2D eigenvalue weighted by Gasteiger charge is -2.11. The topological polar surface area (TPSA) is 76.9 Å². The van der Waals surface area contributed by atoms with Crippen LogP contribution < -0.4 is 10.9 Å². The van der Waals surface area contributed by atoms with Gasteiger partial charge in [0.1, 0.15) is 0 Å². The van der Waals surface area contributed by atoms with Gasteiger partial charge in [-0.25, -0.2) is 9.67 Å². The van der Waals surface area contributed by atoms with Gasteiger partial charge in [-0.15, -0.1) is 11.3 Å². The Morgan fingerprint density at radius 1 is 1.07 bits per heavy atom. The molecule has 2 heterocycles. The van der Waals surface area contributed by atoms with Gasteiger partial charge >= 0.3 is 0 Å². The van der Waals surface area contributed by atoms with E-state index in [0.29, 0.717) is 22.4 Å². The molecule has 4 aromatic rings. The predicted molar refractivity (Wildman–Crippen MR) is 116 cm³/mol. The number of fused-ring (bicyclic) bond motifs is 1. The lowest BCUT2D eigenvalue weighted by Crippen LogP contribution is -2.28. The summed E-state index contributed by atoms with van der Waals surface area (Å²) in [5, 5.41) is 10.7. The first-order chi connectivity index (χ1) is 14.0. The van der Waals surface area contributed by atoms with Crippen LogP contribution in [0, 0.1) is 0 Å². The van der Waals surface area contributed by atoms with Crippen LogP contribution in [-0.4, -0.2) is 20.7 Å². The Hall–Kier alpha value is -3.32. The van der Waals surface area contributed by atoms with Crippen molar-refractivity contribution in [3.8, 4) is 0 Å². The van der Waals surface area contributed by atoms with E-state index in [1.165, 1.54) is 16.0 Å². The van der Waals surface area contributed by atoms with E-state index >= 15 is 0 Å². The van der Waals surface area contributed by atoms with Gasteiger partial charge in [-0.3, -0.25) is 14.9 Å². The Morgan fingerprint density at radius 3 is 2.45 bits per heavy atom. The highest BCUT2D eigenvalue weighted by Gasteiger charge is 2.18. The second-order valence-electron chi connectivity index (χ2n) is 7.03. The monoisotopic (exact) mass is 404 g/mol. The van der Waals surface area contributed by atoms with E-state index in [9.17, 15) is 9.59 Å². The van der Waals surface area contributed by atoms with Crippen molar-refractivity contribution in [1.82, 2.24) is 14.8 Å². The number of carbonyl (C=O) groups is 1. The van der Waals surface area contributed by atoms with E-state index in [1.54, 1.807) is 24.3 Å². The van der Waals surface area contributed by atoms with Crippen molar-refractivity contribution in [1.29, 1.82) is 0 Å². The quantitative estimate of drug-likeness (QED) is 0.539. The van der Waals surface area contributed by atoms with Gasteiger partial charge in [0, 0.05) is 10.8 Å². The third-order valence-corrected chi connectivity index (χ3v) is 5.37. The molecular weight excluding hydrogens is 384 g/mol. The summed E-state index contributed by atoms with van der Waals surface area (Å²) in [7, 11) is 0. The van der Waals surface area contributed by atoms with Crippen molar-refractivity contribution in [3.63, 3.8) is 0 Å². The summed E-state index contributed by atoms with van der Waals surface area (Å²) in [6.45, 7) is 4.39. The average Bonchev–Trinajstić information content (AvgIpc) is 3.20. The molecule has 0 fully saturated rings. The number of nitrogens with one attached hydrogen (secondary N) is 1. The molecule has 1 amide bonds. The van der Waals surface area contributed by atoms with Crippen molar-refractivity contribution in [2.75, 3.05) is 5.32 Å². The Labute approximate surface area is 171 Å². The zero-order valence-corrected chi connectivity index (χ0v) is 16.9. The summed E-state index contributed by atoms with van der Waals surface area (Å²) in [5.74, 6) is -0.101. The number of aromatic nitrogens is 3. The summed E-state index contributed by atoms with van der Waals surface area (Å²) >= 11 is 1.38. The van der Waals surface area contributed by atoms with Gasteiger partial charge < -0.3 is 0 Å². The van der Waals surface area contributed by atoms with Crippen molar-refractivity contribution < 1.29 is 4.79 Å². The van der Waals surface area contributed by atoms with Crippen LogP contribution in [0.25, 0.3) is 10.8 Å². The third-order valence-electron chi connectivity index (χ3n) is 4.59. The van der Waals surface area contributed by atoms with Crippen LogP contribution in [0.5, 0.6) is 0 Å². The van der Waals surface area contributed by atoms with Crippen LogP contribution in [0.3, 0.4) is 0 Å². The van der Waals surface area contributed by atoms with Gasteiger partial charge in [-0.05, 0) is 17.5 Å². The molecule has 0 unspecified atom stereocenters. The lowest BCUT2D eigenvalue weighted by atomic mass is 10.1. The predicted octanol–water partition coefficient (Wildman–Crippen LogP) is 4.28. The highest BCUT2D eigenvalue weighted by Crippen LogP contribution is 2.22. The molecule has 0 spiro atoms. The van der Waals surface area contributed by atoms with Crippen LogP contribution >= 0.6 is 11.3 Å². The van der Waals surface area contributed by atoms with Crippen LogP contribution in [0.1, 0.15) is 41.5 Å². The van der Waals surface area contributed by atoms with Crippen LogP contribution in [0.2, 0.25) is 0 Å². The first-order valence-electron chi connectivity index (χ1n) is 9.33. The minimum atomic E-state index is -0.382. The first kappa shape index (κ1) is 19.0. The number of rotatable bonds is 5. The Morgan fingerprint density at radius 2 is 1.76 bits per heavy atom. The van der Waals surface area contributed by atoms with Gasteiger partial charge in [0.25, 0.3) is 11.5 Å². The smallest absolute Gasteiger partial charge is 0.278 e. The fraction of sp³-hybridized carbons (Fsp3) is 0.182. The molecule has 0 aliphatic carbocycles. The van der Waals surface area contributed by atoms with Crippen molar-refractivity contribution in [2.24, 2.45) is 0 Å². The van der Waals surface area contributed by atoms with E-state index in [4.69, 9.17) is 0 Å². The Bertz CT molecular complexity index is 1230. The second kappa shape index (κ2) is 7.97. The molecule has 146 valence electrons. The Kier molecular flexibility index (Phi) is 5.22. The summed E-state index contributed by atoms with van der Waals surface area (Å²) in [6, 6.07) is 16.6. The molecule has 2 aromatic heterocycles. The lowest BCUT2D eigenvalue weighted by molar-refractivity contribution is 0.102. The van der Waals surface area contributed by atoms with E-state index in [0.717, 1.165) is 11.3 Å². The maximum absolute atomic E-state index is 13.0. The maximum atomic E-state index is 13.0. The van der Waals surface area contributed by atoms with E-state index in [-0.39, 0.29) is 23.1 Å². The van der Waals surface area contributed by atoms with Crippen LogP contribution in [0.15, 0.2) is 64.8 Å². The molecule has 0 bridgehead atoms. The van der Waals surface area contributed by atoms with E-state index < -0.39 is 0 Å². The number of thiazole rings is 1. The molecule has 0 saturated heterocycles. The first-order valence-corrected chi connectivity index (χ1v) is 10.2. The van der Waals surface area contributed by atoms with Crippen molar-refractivity contribution >= 4 is 33.1 Å². The number of amides is 1. The van der Waals surface area contributed by atoms with Gasteiger partial charge in [0.05, 0.1) is 17.6 Å². The van der Waals surface area contributed by atoms with E-state index in [2.05, 4.69) is 29.2 Å². The molecule has 1 N–H and O–H groups in total. The van der Waals surface area contributed by atoms with Crippen LogP contribution in [0.4, 0.5) is 5.13 Å². The molecule has 4 rings (SSSR count). The van der Waals surface area contributed by atoms with Gasteiger partial charge in [0.2, 0.25) is 0 Å². The average molecular weight is 404 g/mol. The molecule has 29 heavy (non-hydrogen) atoms. The largest absolute Gasteiger partial charge is 0.296 e. The molecule has 7 heteroatoms. The zero-order chi connectivity index (χ0) is 20.4. The minimum Gasteiger partial charge on any atom is -0.296 e. The highest BCUT2D eigenvalue weighted by atomic mass is 32.1. The number of hydrogen-bond donors (Lipinski definition) is 1. The molecule has 0 aliphatic heterocycles. The minimum absolute atomic E-state index is 0.206. The maximum Gasteiger partial charge on any atom is 0.278 e. The third kappa shape index (κ3) is 3.95. The fourth-order valence-electron chi connectivity index (χ4n) is 3.03. The zero-order valence-electron chi connectivity index (χ0n) is 16.1. The molecular formula is C22H20N4O2S. The number of benzene rings is 2. The van der Waals surface area contributed by atoms with E-state index in [1.807, 2.05) is 35.7 Å². The molecule has 6 nitrogen and oxygen atoms in total. The second-order valence-corrected chi connectivity index (χ2v) is 7.89. The van der Waals surface area contributed by atoms with Crippen molar-refractivity contribution in [3.05, 3.63) is 87.3 Å². The molecule has 2 aromatic carbocycles. The summed E-state index contributed by atoms with van der Waals surface area (Å²) < 4.78 is 1.34. The van der Waals surface area contributed by atoms with Gasteiger partial charge in [0.15, 0.2) is 10.8 Å². The van der Waals surface area contributed by atoms with Crippen molar-refractivity contribution in [2.45, 2.75) is 26.3 Å². The summed E-state index contributed by atoms with van der Waals surface area (Å²) in [6.07, 6.45) is 0. The van der Waals surface area contributed by atoms with Gasteiger partial charge in [-0.1, -0.05) is 62.4 Å². The number of anilines is 1. The Balaban J connectivity index is 1.75. The highest BCUT2D eigenvalue weighted by molar-refractivity contribution is 7.14. The summed E-state index contributed by atoms with van der Waals surface area (Å²) in [4.78, 5) is 30.4.